The molecule has 0 bridgehead atoms. The molecule has 17 heavy (non-hydrogen) atoms. The number of aliphatic hydroxyl groups is 1. The van der Waals surface area contributed by atoms with E-state index in [-0.39, 0.29) is 17.9 Å². The summed E-state index contributed by atoms with van der Waals surface area (Å²) in [6.07, 6.45) is 3.91. The first-order chi connectivity index (χ1) is 8.16. The lowest BCUT2D eigenvalue weighted by Crippen LogP contribution is -2.36. The van der Waals surface area contributed by atoms with Gasteiger partial charge in [0, 0.05) is 11.3 Å². The number of rotatable bonds is 3. The fraction of sp³-hybridized carbons (Fsp3) is 0.500. The fourth-order valence-electron chi connectivity index (χ4n) is 2.29. The molecule has 0 aliphatic heterocycles. The monoisotopic (exact) mass is 233 g/mol. The topological polar surface area (TPSA) is 49.3 Å². The Kier molecular flexibility index (Phi) is 3.79. The molecule has 1 fully saturated rings. The molecule has 2 N–H and O–H groups in total. The predicted molar refractivity (Wildman–Crippen MR) is 68.3 cm³/mol. The summed E-state index contributed by atoms with van der Waals surface area (Å²) in [5, 5.41) is 13.2. The minimum absolute atomic E-state index is 0.0780. The van der Waals surface area contributed by atoms with Crippen molar-refractivity contribution in [1.82, 2.24) is 0 Å². The molecule has 1 saturated carbocycles. The van der Waals surface area contributed by atoms with Gasteiger partial charge in [0.1, 0.15) is 0 Å². The Labute approximate surface area is 102 Å². The number of anilines is 1. The number of nitrogens with one attached hydrogen (secondary N) is 1. The van der Waals surface area contributed by atoms with Gasteiger partial charge in [0.2, 0.25) is 0 Å². The van der Waals surface area contributed by atoms with Gasteiger partial charge in [-0.2, -0.15) is 0 Å². The minimum atomic E-state index is -0.253. The third-order valence-corrected chi connectivity index (χ3v) is 3.37. The fourth-order valence-corrected chi connectivity index (χ4v) is 2.29. The molecule has 1 aliphatic carbocycles. The number of carbonyl (C=O) groups excluding carboxylic acids is 1. The van der Waals surface area contributed by atoms with Crippen molar-refractivity contribution in [1.29, 1.82) is 0 Å². The van der Waals surface area contributed by atoms with E-state index >= 15 is 0 Å². The molecule has 0 aromatic heterocycles. The predicted octanol–water partition coefficient (Wildman–Crippen LogP) is 2.60. The lowest BCUT2D eigenvalue weighted by Gasteiger charge is -2.29. The first-order valence-electron chi connectivity index (χ1n) is 6.22. The Balaban J connectivity index is 2.00. The Morgan fingerprint density at radius 2 is 1.88 bits per heavy atom. The standard InChI is InChI=1S/C14H19NO2/c1-10(16)11-6-8-12(9-7-11)15-13-4-2-3-5-14(13)17/h6-9,13-15,17H,2-5H2,1H3/t13-,14-/m0/s1. The lowest BCUT2D eigenvalue weighted by atomic mass is 9.92. The Morgan fingerprint density at radius 1 is 1.24 bits per heavy atom. The number of hydrogen-bond acceptors (Lipinski definition) is 3. The van der Waals surface area contributed by atoms with Crippen molar-refractivity contribution >= 4 is 11.5 Å². The number of ketones is 1. The number of aliphatic hydroxyl groups excluding tert-OH is 1. The van der Waals surface area contributed by atoms with Gasteiger partial charge in [0.15, 0.2) is 5.78 Å². The highest BCUT2D eigenvalue weighted by Gasteiger charge is 2.22. The normalized spacial score (nSPS) is 24.4. The summed E-state index contributed by atoms with van der Waals surface area (Å²) >= 11 is 0. The van der Waals surface area contributed by atoms with Gasteiger partial charge in [-0.05, 0) is 44.0 Å². The SMILES string of the molecule is CC(=O)c1ccc(N[C@H]2CCCC[C@@H]2O)cc1. The van der Waals surface area contributed by atoms with Gasteiger partial charge in [-0.25, -0.2) is 0 Å². The second kappa shape index (κ2) is 5.32. The maximum absolute atomic E-state index is 11.1. The molecule has 0 spiro atoms. The molecule has 0 unspecified atom stereocenters. The molecule has 3 nitrogen and oxygen atoms in total. The van der Waals surface area contributed by atoms with Gasteiger partial charge in [-0.15, -0.1) is 0 Å². The molecule has 0 saturated heterocycles. The van der Waals surface area contributed by atoms with E-state index in [9.17, 15) is 9.90 Å². The molecule has 1 aromatic rings. The molecular weight excluding hydrogens is 214 g/mol. The van der Waals surface area contributed by atoms with E-state index in [1.165, 1.54) is 6.42 Å². The van der Waals surface area contributed by atoms with Crippen LogP contribution in [0.25, 0.3) is 0 Å². The van der Waals surface area contributed by atoms with Crippen LogP contribution in [0.4, 0.5) is 5.69 Å². The first kappa shape index (κ1) is 12.1. The van der Waals surface area contributed by atoms with Crippen LogP contribution in [0.15, 0.2) is 24.3 Å². The van der Waals surface area contributed by atoms with Crippen molar-refractivity contribution < 1.29 is 9.90 Å². The van der Waals surface area contributed by atoms with Crippen LogP contribution in [0.1, 0.15) is 43.0 Å². The number of hydrogen-bond donors (Lipinski definition) is 2. The first-order valence-corrected chi connectivity index (χ1v) is 6.22. The van der Waals surface area contributed by atoms with Gasteiger partial charge < -0.3 is 10.4 Å². The third-order valence-electron chi connectivity index (χ3n) is 3.37. The highest BCUT2D eigenvalue weighted by molar-refractivity contribution is 5.94. The Hall–Kier alpha value is -1.35. The second-order valence-corrected chi connectivity index (χ2v) is 4.74. The second-order valence-electron chi connectivity index (χ2n) is 4.74. The molecule has 1 aliphatic rings. The Morgan fingerprint density at radius 3 is 2.47 bits per heavy atom. The zero-order chi connectivity index (χ0) is 12.3. The highest BCUT2D eigenvalue weighted by Crippen LogP contribution is 2.22. The lowest BCUT2D eigenvalue weighted by molar-refractivity contribution is 0.101. The highest BCUT2D eigenvalue weighted by atomic mass is 16.3. The molecule has 92 valence electrons. The summed E-state index contributed by atoms with van der Waals surface area (Å²) in [5.41, 5.74) is 1.70. The maximum Gasteiger partial charge on any atom is 0.159 e. The van der Waals surface area contributed by atoms with Crippen LogP contribution in [-0.2, 0) is 0 Å². The van der Waals surface area contributed by atoms with Crippen molar-refractivity contribution in [3.05, 3.63) is 29.8 Å². The van der Waals surface area contributed by atoms with Gasteiger partial charge in [-0.3, -0.25) is 4.79 Å². The van der Waals surface area contributed by atoms with E-state index in [1.807, 2.05) is 24.3 Å². The zero-order valence-electron chi connectivity index (χ0n) is 10.1. The smallest absolute Gasteiger partial charge is 0.159 e. The van der Waals surface area contributed by atoms with Gasteiger partial charge in [-0.1, -0.05) is 12.8 Å². The van der Waals surface area contributed by atoms with Crippen LogP contribution in [-0.4, -0.2) is 23.0 Å². The van der Waals surface area contributed by atoms with Crippen molar-refractivity contribution in [3.63, 3.8) is 0 Å². The summed E-state index contributed by atoms with van der Waals surface area (Å²) < 4.78 is 0. The number of carbonyl (C=O) groups is 1. The minimum Gasteiger partial charge on any atom is -0.391 e. The number of Topliss-reactive ketones (excluding diaryl/α,β-unsaturated/α-hetero) is 1. The summed E-state index contributed by atoms with van der Waals surface area (Å²) in [6, 6.07) is 7.59. The number of benzene rings is 1. The van der Waals surface area contributed by atoms with Crippen LogP contribution in [0.5, 0.6) is 0 Å². The van der Waals surface area contributed by atoms with E-state index in [4.69, 9.17) is 0 Å². The van der Waals surface area contributed by atoms with Crippen LogP contribution in [0, 0.1) is 0 Å². The van der Waals surface area contributed by atoms with E-state index in [0.29, 0.717) is 0 Å². The average Bonchev–Trinajstić information content (AvgIpc) is 2.33. The third kappa shape index (κ3) is 3.07. The molecule has 2 rings (SSSR count). The summed E-state index contributed by atoms with van der Waals surface area (Å²) in [6.45, 7) is 1.56. The van der Waals surface area contributed by atoms with E-state index in [0.717, 1.165) is 30.5 Å². The van der Waals surface area contributed by atoms with Crippen molar-refractivity contribution in [3.8, 4) is 0 Å². The van der Waals surface area contributed by atoms with Crippen LogP contribution in [0.3, 0.4) is 0 Å². The largest absolute Gasteiger partial charge is 0.391 e. The van der Waals surface area contributed by atoms with Gasteiger partial charge in [0.25, 0.3) is 0 Å². The van der Waals surface area contributed by atoms with Crippen molar-refractivity contribution in [2.45, 2.75) is 44.8 Å². The Bertz CT molecular complexity index is 386. The molecule has 0 amide bonds. The van der Waals surface area contributed by atoms with E-state index in [2.05, 4.69) is 5.32 Å². The maximum atomic E-state index is 11.1. The molecule has 2 atom stereocenters. The summed E-state index contributed by atoms with van der Waals surface area (Å²) in [7, 11) is 0. The average molecular weight is 233 g/mol. The molecule has 0 radical (unpaired) electrons. The van der Waals surface area contributed by atoms with Crippen LogP contribution < -0.4 is 5.32 Å². The van der Waals surface area contributed by atoms with Crippen molar-refractivity contribution in [2.75, 3.05) is 5.32 Å². The van der Waals surface area contributed by atoms with E-state index < -0.39 is 0 Å². The van der Waals surface area contributed by atoms with Gasteiger partial charge in [0.05, 0.1) is 12.1 Å². The molecular formula is C14H19NO2. The molecule has 1 aromatic carbocycles. The van der Waals surface area contributed by atoms with Crippen LogP contribution >= 0.6 is 0 Å². The molecule has 3 heteroatoms. The van der Waals surface area contributed by atoms with E-state index in [1.54, 1.807) is 6.92 Å². The van der Waals surface area contributed by atoms with Gasteiger partial charge >= 0.3 is 0 Å². The molecule has 0 heterocycles. The summed E-state index contributed by atoms with van der Waals surface area (Å²) in [4.78, 5) is 11.1. The zero-order valence-corrected chi connectivity index (χ0v) is 10.1. The summed E-state index contributed by atoms with van der Waals surface area (Å²) in [5.74, 6) is 0.0780. The van der Waals surface area contributed by atoms with Crippen molar-refractivity contribution in [2.24, 2.45) is 0 Å². The quantitative estimate of drug-likeness (QED) is 0.789. The van der Waals surface area contributed by atoms with Crippen LogP contribution in [0.2, 0.25) is 0 Å².